The van der Waals surface area contributed by atoms with Gasteiger partial charge in [0.2, 0.25) is 26.8 Å². The second kappa shape index (κ2) is 15.8. The third kappa shape index (κ3) is 8.09. The molecule has 3 aromatic carbocycles. The molecular weight excluding hydrogens is 706 g/mol. The zero-order valence-corrected chi connectivity index (χ0v) is 31.7. The molecule has 2 heterocycles. The fourth-order valence-corrected chi connectivity index (χ4v) is 10.6. The highest BCUT2D eigenvalue weighted by Crippen LogP contribution is 2.44. The Balaban J connectivity index is 0.00000562. The van der Waals surface area contributed by atoms with Gasteiger partial charge in [0.25, 0.3) is 0 Å². The summed E-state index contributed by atoms with van der Waals surface area (Å²) in [4.78, 5) is 30.3. The highest BCUT2D eigenvalue weighted by Gasteiger charge is 2.34. The van der Waals surface area contributed by atoms with Crippen LogP contribution < -0.4 is 11.2 Å². The first-order chi connectivity index (χ1) is 23.0. The molecule has 0 aromatic heterocycles. The molecule has 16 heteroatoms. The van der Waals surface area contributed by atoms with Crippen molar-refractivity contribution >= 4 is 71.3 Å². The van der Waals surface area contributed by atoms with Crippen molar-refractivity contribution in [3.05, 3.63) is 41.3 Å². The number of nitrogens with two attached hydrogens (primary N) is 1. The molecule has 3 aromatic rings. The minimum absolute atomic E-state index is 0. The van der Waals surface area contributed by atoms with Gasteiger partial charge < -0.3 is 10.5 Å². The molecule has 5 atom stereocenters. The van der Waals surface area contributed by atoms with Crippen LogP contribution in [0.25, 0.3) is 21.5 Å². The minimum Gasteiger partial charge on any atom is -0.435 e. The lowest BCUT2D eigenvalue weighted by Gasteiger charge is -2.34. The number of nitrogens with zero attached hydrogens (tertiary/aromatic N) is 3. The predicted octanol–water partition coefficient (Wildman–Crippen LogP) is 5.97. The Kier molecular flexibility index (Phi) is 12.6. The average molecular weight is 754 g/mol. The Morgan fingerprint density at radius 2 is 1.24 bits per heavy atom. The van der Waals surface area contributed by atoms with E-state index >= 15 is 0 Å². The summed E-state index contributed by atoms with van der Waals surface area (Å²) in [5.41, 5.74) is 8.85. The number of nitroso groups, excluding NO2 is 1. The van der Waals surface area contributed by atoms with Gasteiger partial charge in [0.15, 0.2) is 0 Å². The smallest absolute Gasteiger partial charge is 0.325 e. The van der Waals surface area contributed by atoms with Crippen molar-refractivity contribution in [2.24, 2.45) is 40.5 Å². The number of benzene rings is 3. The van der Waals surface area contributed by atoms with Gasteiger partial charge in [-0.15, -0.1) is 17.3 Å². The van der Waals surface area contributed by atoms with E-state index in [1.165, 1.54) is 45.0 Å². The lowest BCUT2D eigenvalue weighted by Crippen LogP contribution is -2.42. The molecule has 5 rings (SSSR count). The monoisotopic (exact) mass is 753 g/mol. The summed E-state index contributed by atoms with van der Waals surface area (Å²) in [7, 11) is -7.90. The summed E-state index contributed by atoms with van der Waals surface area (Å²) < 4.78 is 63.9. The third-order valence-corrected chi connectivity index (χ3v) is 13.1. The average Bonchev–Trinajstić information content (AvgIpc) is 3.04. The van der Waals surface area contributed by atoms with Crippen LogP contribution in [0.5, 0.6) is 0 Å². The summed E-state index contributed by atoms with van der Waals surface area (Å²) in [5.74, 6) is -0.137. The van der Waals surface area contributed by atoms with Crippen molar-refractivity contribution in [2.75, 3.05) is 38.5 Å². The van der Waals surface area contributed by atoms with Crippen LogP contribution in [0.1, 0.15) is 54.4 Å². The summed E-state index contributed by atoms with van der Waals surface area (Å²) in [5, 5.41) is 4.45. The quantitative estimate of drug-likeness (QED) is 0.0592. The molecule has 2 aliphatic rings. The van der Waals surface area contributed by atoms with E-state index in [0.29, 0.717) is 37.0 Å². The van der Waals surface area contributed by atoms with E-state index in [9.17, 15) is 26.5 Å². The first kappa shape index (κ1) is 39.9. The number of carbonyl (C=O) groups is 1. The SMILES string of the molecule is CC(C)[C@H](N)C(=O)OCONc1c2cc(S(=O)(=O)N3C[C@H](C)C[C@H](C)C3)ccc2c(N=O)c2ccc(S(=O)(=O)N3C[C@H](C)C[C@H](C)C3)cc12.Cl. The van der Waals surface area contributed by atoms with Crippen molar-refractivity contribution in [3.63, 3.8) is 0 Å². The van der Waals surface area contributed by atoms with Gasteiger partial charge in [-0.2, -0.15) is 8.61 Å². The number of piperidine rings is 2. The van der Waals surface area contributed by atoms with E-state index in [0.717, 1.165) is 12.8 Å². The molecule has 3 N–H and O–H groups in total. The van der Waals surface area contributed by atoms with Crippen LogP contribution in [-0.2, 0) is 34.4 Å². The number of esters is 1. The molecule has 13 nitrogen and oxygen atoms in total. The number of rotatable bonds is 11. The fraction of sp³-hybridized carbons (Fsp3) is 0.559. The first-order valence-electron chi connectivity index (χ1n) is 16.7. The van der Waals surface area contributed by atoms with E-state index in [-0.39, 0.29) is 73.9 Å². The van der Waals surface area contributed by atoms with E-state index < -0.39 is 38.9 Å². The van der Waals surface area contributed by atoms with Gasteiger partial charge in [-0.05, 0) is 71.9 Å². The number of anilines is 1. The van der Waals surface area contributed by atoms with Crippen LogP contribution in [0.15, 0.2) is 51.4 Å². The molecule has 0 spiro atoms. The number of nitrogens with one attached hydrogen (secondary N) is 1. The lowest BCUT2D eigenvalue weighted by atomic mass is 9.94. The summed E-state index contributed by atoms with van der Waals surface area (Å²) in [6.07, 6.45) is 1.84. The Morgan fingerprint density at radius 1 is 0.820 bits per heavy atom. The molecule has 50 heavy (non-hydrogen) atoms. The zero-order chi connectivity index (χ0) is 35.8. The van der Waals surface area contributed by atoms with Crippen molar-refractivity contribution in [3.8, 4) is 0 Å². The summed E-state index contributed by atoms with van der Waals surface area (Å²) in [6, 6.07) is 7.92. The van der Waals surface area contributed by atoms with Gasteiger partial charge in [-0.25, -0.2) is 21.7 Å². The van der Waals surface area contributed by atoms with Crippen molar-refractivity contribution in [1.29, 1.82) is 0 Å². The number of hydrogen-bond donors (Lipinski definition) is 2. The van der Waals surface area contributed by atoms with Gasteiger partial charge in [0.05, 0.1) is 15.5 Å². The largest absolute Gasteiger partial charge is 0.435 e. The Bertz CT molecular complexity index is 1820. The second-order valence-corrected chi connectivity index (χ2v) is 18.2. The normalized spacial score (nSPS) is 23.0. The highest BCUT2D eigenvalue weighted by atomic mass is 35.5. The molecule has 0 unspecified atom stereocenters. The van der Waals surface area contributed by atoms with Crippen LogP contribution in [0.2, 0.25) is 0 Å². The van der Waals surface area contributed by atoms with Gasteiger partial charge in [-0.3, -0.25) is 10.3 Å². The predicted molar refractivity (Wildman–Crippen MR) is 196 cm³/mol. The van der Waals surface area contributed by atoms with Gasteiger partial charge >= 0.3 is 5.97 Å². The van der Waals surface area contributed by atoms with Crippen LogP contribution in [0.4, 0.5) is 11.4 Å². The Labute approximate surface area is 300 Å². The van der Waals surface area contributed by atoms with Crippen LogP contribution in [0.3, 0.4) is 0 Å². The Hall–Kier alpha value is -2.92. The molecule has 0 radical (unpaired) electrons. The molecule has 2 fully saturated rings. The van der Waals surface area contributed by atoms with Crippen molar-refractivity contribution in [2.45, 2.75) is 70.2 Å². The maximum atomic E-state index is 14.0. The molecule has 0 amide bonds. The highest BCUT2D eigenvalue weighted by molar-refractivity contribution is 7.89. The molecular formula is C34H48ClN5O8S2. The van der Waals surface area contributed by atoms with E-state index in [2.05, 4.69) is 10.7 Å². The van der Waals surface area contributed by atoms with Crippen molar-refractivity contribution < 1.29 is 31.2 Å². The number of sulfonamides is 2. The maximum absolute atomic E-state index is 14.0. The van der Waals surface area contributed by atoms with E-state index in [4.69, 9.17) is 15.3 Å². The van der Waals surface area contributed by atoms with Crippen LogP contribution in [0, 0.1) is 34.5 Å². The number of ether oxygens (including phenoxy) is 1. The van der Waals surface area contributed by atoms with Gasteiger partial charge in [-0.1, -0.05) is 53.7 Å². The zero-order valence-electron chi connectivity index (χ0n) is 29.3. The molecule has 0 bridgehead atoms. The van der Waals surface area contributed by atoms with Gasteiger partial charge in [0.1, 0.15) is 11.7 Å². The van der Waals surface area contributed by atoms with E-state index in [1.807, 2.05) is 27.7 Å². The van der Waals surface area contributed by atoms with Crippen LogP contribution >= 0.6 is 12.4 Å². The first-order valence-corrected chi connectivity index (χ1v) is 19.6. The van der Waals surface area contributed by atoms with Crippen molar-refractivity contribution in [1.82, 2.24) is 8.61 Å². The number of fused-ring (bicyclic) bond motifs is 2. The van der Waals surface area contributed by atoms with E-state index in [1.54, 1.807) is 13.8 Å². The molecule has 276 valence electrons. The standard InChI is InChI=1S/C34H47N5O8S2.ClH/c1-20(2)31(35)34(40)46-19-47-37-33-29-13-25(48(42,43)38-15-21(3)11-22(4)16-38)7-9-27(29)32(36-41)28-10-8-26(14-30(28)33)49(44,45)39-17-23(5)12-24(6)18-39;/h7-10,13-14,20-24,31,37H,11-12,15-19,35H2,1-6H3;1H/t21-,22+,23-,24+,31-;/m0./s1. The summed E-state index contributed by atoms with van der Waals surface area (Å²) >= 11 is 0. The lowest BCUT2D eigenvalue weighted by molar-refractivity contribution is -0.156. The van der Waals surface area contributed by atoms with Gasteiger partial charge in [0, 0.05) is 47.7 Å². The second-order valence-electron chi connectivity index (χ2n) is 14.4. The maximum Gasteiger partial charge on any atom is 0.325 e. The minimum atomic E-state index is -3.95. The molecule has 0 aliphatic carbocycles. The Morgan fingerprint density at radius 3 is 1.62 bits per heavy atom. The molecule has 2 saturated heterocycles. The fourth-order valence-electron chi connectivity index (χ4n) is 7.15. The number of halogens is 1. The summed E-state index contributed by atoms with van der Waals surface area (Å²) in [6.45, 7) is 12.6. The number of hydrogen-bond acceptors (Lipinski definition) is 11. The topological polar surface area (TPSA) is 178 Å². The molecule has 0 saturated carbocycles. The third-order valence-electron chi connectivity index (χ3n) is 9.49. The molecule has 2 aliphatic heterocycles. The number of carbonyl (C=O) groups excluding carboxylic acids is 1. The van der Waals surface area contributed by atoms with Crippen LogP contribution in [-0.4, -0.2) is 70.4 Å².